The Kier molecular flexibility index (Phi) is 6.67. The van der Waals surface area contributed by atoms with Crippen molar-refractivity contribution in [1.82, 2.24) is 0 Å². The molecule has 0 radical (unpaired) electrons. The summed E-state index contributed by atoms with van der Waals surface area (Å²) in [5.74, 6) is 0.462. The molecular formula is C23H36O5. The minimum Gasteiger partial charge on any atom is -0.512 e. The van der Waals surface area contributed by atoms with E-state index in [0.29, 0.717) is 18.1 Å². The Labute approximate surface area is 169 Å². The van der Waals surface area contributed by atoms with Gasteiger partial charge in [0.2, 0.25) is 0 Å². The quantitative estimate of drug-likeness (QED) is 0.520. The van der Waals surface area contributed by atoms with Crippen LogP contribution in [0.4, 0.5) is 0 Å². The van der Waals surface area contributed by atoms with Crippen molar-refractivity contribution in [3.8, 4) is 0 Å². The molecule has 1 saturated carbocycles. The minimum atomic E-state index is -0.330. The van der Waals surface area contributed by atoms with Gasteiger partial charge < -0.3 is 14.6 Å². The molecule has 5 atom stereocenters. The van der Waals surface area contributed by atoms with Gasteiger partial charge in [0, 0.05) is 19.4 Å². The normalized spacial score (nSPS) is 36.0. The van der Waals surface area contributed by atoms with Crippen LogP contribution in [0.1, 0.15) is 73.6 Å². The maximum Gasteiger partial charge on any atom is 0.330 e. The van der Waals surface area contributed by atoms with Gasteiger partial charge in [-0.05, 0) is 67.8 Å². The number of carbonyl (C=O) groups is 2. The fraction of sp³-hybridized carbons (Fsp3) is 0.739. The molecule has 0 aromatic heterocycles. The third kappa shape index (κ3) is 4.13. The highest BCUT2D eigenvalue weighted by molar-refractivity contribution is 5.82. The number of methoxy groups -OCH3 is 1. The second kappa shape index (κ2) is 8.30. The molecule has 5 heteroatoms. The molecule has 0 aliphatic heterocycles. The first kappa shape index (κ1) is 22.5. The molecule has 0 bridgehead atoms. The molecule has 0 spiro atoms. The molecule has 0 saturated heterocycles. The van der Waals surface area contributed by atoms with Gasteiger partial charge >= 0.3 is 11.9 Å². The van der Waals surface area contributed by atoms with E-state index in [9.17, 15) is 14.7 Å². The highest BCUT2D eigenvalue weighted by Gasteiger charge is 2.58. The van der Waals surface area contributed by atoms with E-state index in [2.05, 4.69) is 20.8 Å². The zero-order valence-electron chi connectivity index (χ0n) is 18.4. The van der Waals surface area contributed by atoms with Crippen LogP contribution in [0.3, 0.4) is 0 Å². The van der Waals surface area contributed by atoms with Crippen LogP contribution in [0.15, 0.2) is 23.0 Å². The van der Waals surface area contributed by atoms with Crippen molar-refractivity contribution in [2.24, 2.45) is 22.7 Å². The Morgan fingerprint density at radius 2 is 1.93 bits per heavy atom. The molecule has 0 heterocycles. The van der Waals surface area contributed by atoms with E-state index < -0.39 is 0 Å². The van der Waals surface area contributed by atoms with Gasteiger partial charge in [-0.2, -0.15) is 0 Å². The Bertz CT molecular complexity index is 691. The van der Waals surface area contributed by atoms with Crippen LogP contribution >= 0.6 is 0 Å². The molecule has 28 heavy (non-hydrogen) atoms. The van der Waals surface area contributed by atoms with Gasteiger partial charge in [0.15, 0.2) is 0 Å². The fourth-order valence-electron chi connectivity index (χ4n) is 5.63. The van der Waals surface area contributed by atoms with Crippen molar-refractivity contribution >= 4 is 11.9 Å². The van der Waals surface area contributed by atoms with Crippen LogP contribution in [0.5, 0.6) is 0 Å². The highest BCUT2D eigenvalue weighted by Crippen LogP contribution is 2.63. The van der Waals surface area contributed by atoms with Gasteiger partial charge in [-0.3, -0.25) is 4.79 Å². The third-order valence-electron chi connectivity index (χ3n) is 7.69. The molecule has 5 nitrogen and oxygen atoms in total. The summed E-state index contributed by atoms with van der Waals surface area (Å²) >= 11 is 0. The summed E-state index contributed by atoms with van der Waals surface area (Å²) in [4.78, 5) is 23.3. The second-order valence-electron chi connectivity index (χ2n) is 9.24. The number of fused-ring (bicyclic) bond motifs is 1. The number of rotatable bonds is 5. The summed E-state index contributed by atoms with van der Waals surface area (Å²) in [6.45, 7) is 12.1. The Morgan fingerprint density at radius 3 is 2.50 bits per heavy atom. The number of ether oxygens (including phenoxy) is 2. The topological polar surface area (TPSA) is 72.8 Å². The van der Waals surface area contributed by atoms with E-state index in [1.165, 1.54) is 14.0 Å². The summed E-state index contributed by atoms with van der Waals surface area (Å²) in [6.07, 6.45) is 5.40. The van der Waals surface area contributed by atoms with E-state index >= 15 is 0 Å². The number of esters is 2. The predicted octanol–water partition coefficient (Wildman–Crippen LogP) is 5.11. The van der Waals surface area contributed by atoms with Crippen LogP contribution in [-0.2, 0) is 19.1 Å². The predicted molar refractivity (Wildman–Crippen MR) is 109 cm³/mol. The van der Waals surface area contributed by atoms with Crippen molar-refractivity contribution < 1.29 is 24.2 Å². The van der Waals surface area contributed by atoms with Crippen molar-refractivity contribution in [2.45, 2.75) is 79.8 Å². The Morgan fingerprint density at radius 1 is 1.29 bits per heavy atom. The number of hydrogen-bond donors (Lipinski definition) is 1. The monoisotopic (exact) mass is 392 g/mol. The highest BCUT2D eigenvalue weighted by atomic mass is 16.5. The zero-order chi connectivity index (χ0) is 21.3. The summed E-state index contributed by atoms with van der Waals surface area (Å²) < 4.78 is 10.5. The molecule has 0 aromatic rings. The number of aliphatic hydroxyl groups excluding tert-OH is 1. The lowest BCUT2D eigenvalue weighted by atomic mass is 9.46. The first-order valence-corrected chi connectivity index (χ1v) is 10.3. The summed E-state index contributed by atoms with van der Waals surface area (Å²) in [6, 6.07) is 0. The van der Waals surface area contributed by atoms with E-state index in [-0.39, 0.29) is 34.8 Å². The minimum absolute atomic E-state index is 0.0830. The molecule has 2 rings (SSSR count). The number of allylic oxidation sites excluding steroid dienone is 3. The van der Waals surface area contributed by atoms with Gasteiger partial charge in [0.05, 0.1) is 12.9 Å². The number of hydrogen-bond acceptors (Lipinski definition) is 5. The zero-order valence-corrected chi connectivity index (χ0v) is 18.4. The van der Waals surface area contributed by atoms with E-state index in [4.69, 9.17) is 9.47 Å². The van der Waals surface area contributed by atoms with Crippen LogP contribution in [0.2, 0.25) is 0 Å². The molecule has 0 unspecified atom stereocenters. The Hall–Kier alpha value is -1.78. The van der Waals surface area contributed by atoms with Gasteiger partial charge in [0.1, 0.15) is 6.10 Å². The SMILES string of the molecule is COC(=O)/C=C(\C)CC[C@@]1(C)[C@H](C)[C@H](OC(C)=O)C[C@@]2(C)C(C)=C(O)CC[C@H]12. The second-order valence-corrected chi connectivity index (χ2v) is 9.24. The van der Waals surface area contributed by atoms with Gasteiger partial charge in [0.25, 0.3) is 0 Å². The average molecular weight is 393 g/mol. The molecule has 2 aliphatic carbocycles. The standard InChI is InChI=1S/C23H36O5/c1-14(12-21(26)27-7)10-11-22(5)16(3)19(28-17(4)24)13-23(6)15(2)18(25)8-9-20(22)23/h12,16,19-20,25H,8-11,13H2,1-7H3/b14-12+/t16-,19-,20-,22+,23+/m1/s1. The molecule has 1 fully saturated rings. The maximum atomic E-state index is 11.8. The van der Waals surface area contributed by atoms with Gasteiger partial charge in [-0.15, -0.1) is 0 Å². The molecule has 2 aliphatic rings. The van der Waals surface area contributed by atoms with Crippen LogP contribution in [-0.4, -0.2) is 30.3 Å². The van der Waals surface area contributed by atoms with E-state index in [1.807, 2.05) is 13.8 Å². The number of aliphatic hydroxyl groups is 1. The lowest BCUT2D eigenvalue weighted by Crippen LogP contribution is -2.56. The van der Waals surface area contributed by atoms with E-state index in [1.54, 1.807) is 6.08 Å². The van der Waals surface area contributed by atoms with Crippen molar-refractivity contribution in [3.05, 3.63) is 23.0 Å². The van der Waals surface area contributed by atoms with Crippen LogP contribution < -0.4 is 0 Å². The van der Waals surface area contributed by atoms with Gasteiger partial charge in [-0.1, -0.05) is 26.3 Å². The van der Waals surface area contributed by atoms with Crippen molar-refractivity contribution in [1.29, 1.82) is 0 Å². The van der Waals surface area contributed by atoms with E-state index in [0.717, 1.165) is 36.8 Å². The molecule has 158 valence electrons. The lowest BCUT2D eigenvalue weighted by Gasteiger charge is -2.60. The molecule has 1 N–H and O–H groups in total. The Balaban J connectivity index is 2.39. The summed E-state index contributed by atoms with van der Waals surface area (Å²) in [5, 5.41) is 10.4. The molecule has 0 amide bonds. The average Bonchev–Trinajstić information content (AvgIpc) is 2.62. The third-order valence-corrected chi connectivity index (χ3v) is 7.69. The van der Waals surface area contributed by atoms with Crippen molar-refractivity contribution in [2.75, 3.05) is 7.11 Å². The summed E-state index contributed by atoms with van der Waals surface area (Å²) in [7, 11) is 1.38. The lowest BCUT2D eigenvalue weighted by molar-refractivity contribution is -0.170. The first-order chi connectivity index (χ1) is 13.0. The van der Waals surface area contributed by atoms with Crippen LogP contribution in [0.25, 0.3) is 0 Å². The molecule has 0 aromatic carbocycles. The van der Waals surface area contributed by atoms with Crippen molar-refractivity contribution in [3.63, 3.8) is 0 Å². The number of carbonyl (C=O) groups excluding carboxylic acids is 2. The maximum absolute atomic E-state index is 11.8. The first-order valence-electron chi connectivity index (χ1n) is 10.3. The summed E-state index contributed by atoms with van der Waals surface area (Å²) in [5.41, 5.74) is 1.73. The smallest absolute Gasteiger partial charge is 0.330 e. The fourth-order valence-corrected chi connectivity index (χ4v) is 5.63. The largest absolute Gasteiger partial charge is 0.512 e. The van der Waals surface area contributed by atoms with Crippen LogP contribution in [0, 0.1) is 22.7 Å². The van der Waals surface area contributed by atoms with Gasteiger partial charge in [-0.25, -0.2) is 4.79 Å². The molecular weight excluding hydrogens is 356 g/mol.